The zero-order chi connectivity index (χ0) is 14.5. The maximum absolute atomic E-state index is 12.1. The number of nitrogens with one attached hydrogen (secondary N) is 2. The molecule has 20 heavy (non-hydrogen) atoms. The summed E-state index contributed by atoms with van der Waals surface area (Å²) in [6.45, 7) is 4.98. The number of hydrogen-bond acceptors (Lipinski definition) is 2. The predicted octanol–water partition coefficient (Wildman–Crippen LogP) is 3.09. The summed E-state index contributed by atoms with van der Waals surface area (Å²) in [6.07, 6.45) is 3.45. The highest BCUT2D eigenvalue weighted by molar-refractivity contribution is 5.89. The number of anilines is 1. The van der Waals surface area contributed by atoms with Gasteiger partial charge in [0.1, 0.15) is 0 Å². The second-order valence-electron chi connectivity index (χ2n) is 6.00. The quantitative estimate of drug-likeness (QED) is 0.793. The highest BCUT2D eigenvalue weighted by atomic mass is 16.2. The lowest BCUT2D eigenvalue weighted by Crippen LogP contribution is -2.44. The van der Waals surface area contributed by atoms with Crippen LogP contribution in [-0.2, 0) is 6.54 Å². The highest BCUT2D eigenvalue weighted by Crippen LogP contribution is 2.28. The van der Waals surface area contributed by atoms with Crippen LogP contribution in [0.1, 0.15) is 38.7 Å². The molecule has 3 unspecified atom stereocenters. The van der Waals surface area contributed by atoms with Crippen molar-refractivity contribution in [2.75, 3.05) is 5.32 Å². The third-order valence-electron chi connectivity index (χ3n) is 4.17. The second kappa shape index (κ2) is 6.75. The Kier molecular flexibility index (Phi) is 5.01. The van der Waals surface area contributed by atoms with Gasteiger partial charge >= 0.3 is 6.03 Å². The Morgan fingerprint density at radius 2 is 2.15 bits per heavy atom. The summed E-state index contributed by atoms with van der Waals surface area (Å²) in [5, 5.41) is 5.98. The summed E-state index contributed by atoms with van der Waals surface area (Å²) >= 11 is 0. The molecule has 1 aromatic rings. The molecule has 4 N–H and O–H groups in total. The van der Waals surface area contributed by atoms with Crippen LogP contribution in [0, 0.1) is 11.8 Å². The standard InChI is InChI=1S/C16H25N3O/c1-11-6-7-15(12(2)8-11)19-16(20)18-14-5-3-4-13(9-14)10-17/h3-5,9,11-12,15H,6-8,10,17H2,1-2H3,(H2,18,19,20). The fourth-order valence-corrected chi connectivity index (χ4v) is 2.99. The number of carbonyl (C=O) groups is 1. The van der Waals surface area contributed by atoms with Crippen molar-refractivity contribution in [2.24, 2.45) is 17.6 Å². The van der Waals surface area contributed by atoms with Gasteiger partial charge < -0.3 is 16.4 Å². The SMILES string of the molecule is CC1CCC(NC(=O)Nc2cccc(CN)c2)C(C)C1. The number of nitrogens with two attached hydrogens (primary N) is 1. The number of carbonyl (C=O) groups excluding carboxylic acids is 1. The summed E-state index contributed by atoms with van der Waals surface area (Å²) in [5.74, 6) is 1.31. The average molecular weight is 275 g/mol. The summed E-state index contributed by atoms with van der Waals surface area (Å²) < 4.78 is 0. The molecular weight excluding hydrogens is 250 g/mol. The van der Waals surface area contributed by atoms with Crippen LogP contribution >= 0.6 is 0 Å². The molecule has 0 aromatic heterocycles. The van der Waals surface area contributed by atoms with Crippen molar-refractivity contribution in [3.63, 3.8) is 0 Å². The Morgan fingerprint density at radius 1 is 1.35 bits per heavy atom. The lowest BCUT2D eigenvalue weighted by Gasteiger charge is -2.33. The molecule has 2 rings (SSSR count). The van der Waals surface area contributed by atoms with Gasteiger partial charge in [-0.25, -0.2) is 4.79 Å². The number of benzene rings is 1. The van der Waals surface area contributed by atoms with E-state index in [9.17, 15) is 4.79 Å². The maximum Gasteiger partial charge on any atom is 0.319 e. The van der Waals surface area contributed by atoms with Crippen molar-refractivity contribution in [2.45, 2.75) is 45.7 Å². The molecule has 0 aliphatic heterocycles. The van der Waals surface area contributed by atoms with Gasteiger partial charge in [0.25, 0.3) is 0 Å². The molecule has 1 fully saturated rings. The number of amides is 2. The van der Waals surface area contributed by atoms with Crippen LogP contribution < -0.4 is 16.4 Å². The Bertz CT molecular complexity index is 461. The first-order valence-electron chi connectivity index (χ1n) is 7.45. The number of rotatable bonds is 3. The first kappa shape index (κ1) is 14.9. The van der Waals surface area contributed by atoms with Crippen LogP contribution in [0.4, 0.5) is 10.5 Å². The third-order valence-corrected chi connectivity index (χ3v) is 4.17. The minimum atomic E-state index is -0.120. The molecule has 1 aliphatic rings. The van der Waals surface area contributed by atoms with Gasteiger partial charge in [-0.05, 0) is 48.8 Å². The summed E-state index contributed by atoms with van der Waals surface area (Å²) in [7, 11) is 0. The molecule has 4 nitrogen and oxygen atoms in total. The van der Waals surface area contributed by atoms with Gasteiger partial charge in [0, 0.05) is 18.3 Å². The van der Waals surface area contributed by atoms with E-state index >= 15 is 0 Å². The van der Waals surface area contributed by atoms with Gasteiger partial charge in [0.05, 0.1) is 0 Å². The molecular formula is C16H25N3O. The molecule has 0 heterocycles. The minimum absolute atomic E-state index is 0.120. The largest absolute Gasteiger partial charge is 0.335 e. The van der Waals surface area contributed by atoms with Crippen molar-refractivity contribution in [3.8, 4) is 0 Å². The van der Waals surface area contributed by atoms with E-state index in [1.165, 1.54) is 12.8 Å². The van der Waals surface area contributed by atoms with Gasteiger partial charge in [-0.3, -0.25) is 0 Å². The van der Waals surface area contributed by atoms with Crippen LogP contribution in [0.2, 0.25) is 0 Å². The Balaban J connectivity index is 1.88. The van der Waals surface area contributed by atoms with Gasteiger partial charge in [0.15, 0.2) is 0 Å². The molecule has 0 bridgehead atoms. The fourth-order valence-electron chi connectivity index (χ4n) is 2.99. The molecule has 1 saturated carbocycles. The third kappa shape index (κ3) is 3.97. The normalized spacial score (nSPS) is 26.1. The topological polar surface area (TPSA) is 67.2 Å². The Hall–Kier alpha value is -1.55. The number of hydrogen-bond donors (Lipinski definition) is 3. The van der Waals surface area contributed by atoms with Crippen molar-refractivity contribution in [1.29, 1.82) is 0 Å². The molecule has 0 saturated heterocycles. The highest BCUT2D eigenvalue weighted by Gasteiger charge is 2.26. The zero-order valence-corrected chi connectivity index (χ0v) is 12.4. The zero-order valence-electron chi connectivity index (χ0n) is 12.4. The van der Waals surface area contributed by atoms with E-state index in [1.54, 1.807) is 0 Å². The molecule has 4 heteroatoms. The van der Waals surface area contributed by atoms with Gasteiger partial charge in [0.2, 0.25) is 0 Å². The first-order chi connectivity index (χ1) is 9.58. The van der Waals surface area contributed by atoms with E-state index in [4.69, 9.17) is 5.73 Å². The van der Waals surface area contributed by atoms with Crippen LogP contribution in [0.25, 0.3) is 0 Å². The predicted molar refractivity (Wildman–Crippen MR) is 82.5 cm³/mol. The first-order valence-corrected chi connectivity index (χ1v) is 7.45. The number of urea groups is 1. The van der Waals surface area contributed by atoms with Crippen LogP contribution in [0.15, 0.2) is 24.3 Å². The summed E-state index contributed by atoms with van der Waals surface area (Å²) in [6, 6.07) is 7.81. The Morgan fingerprint density at radius 3 is 2.85 bits per heavy atom. The van der Waals surface area contributed by atoms with Gasteiger partial charge in [-0.1, -0.05) is 26.0 Å². The van der Waals surface area contributed by atoms with Crippen molar-refractivity contribution in [3.05, 3.63) is 29.8 Å². The van der Waals surface area contributed by atoms with Crippen LogP contribution in [0.3, 0.4) is 0 Å². The van der Waals surface area contributed by atoms with E-state index in [1.807, 2.05) is 24.3 Å². The lowest BCUT2D eigenvalue weighted by molar-refractivity contribution is 0.214. The van der Waals surface area contributed by atoms with Crippen LogP contribution in [-0.4, -0.2) is 12.1 Å². The van der Waals surface area contributed by atoms with E-state index in [-0.39, 0.29) is 12.1 Å². The molecule has 3 atom stereocenters. The molecule has 2 amide bonds. The molecule has 1 aromatic carbocycles. The molecule has 0 radical (unpaired) electrons. The fraction of sp³-hybridized carbons (Fsp3) is 0.562. The van der Waals surface area contributed by atoms with Crippen LogP contribution in [0.5, 0.6) is 0 Å². The average Bonchev–Trinajstić information content (AvgIpc) is 2.42. The van der Waals surface area contributed by atoms with Crippen molar-refractivity contribution >= 4 is 11.7 Å². The van der Waals surface area contributed by atoms with E-state index in [0.29, 0.717) is 12.5 Å². The smallest absolute Gasteiger partial charge is 0.319 e. The second-order valence-corrected chi connectivity index (χ2v) is 6.00. The van der Waals surface area contributed by atoms with E-state index < -0.39 is 0 Å². The van der Waals surface area contributed by atoms with E-state index in [0.717, 1.165) is 23.6 Å². The van der Waals surface area contributed by atoms with Crippen molar-refractivity contribution in [1.82, 2.24) is 5.32 Å². The van der Waals surface area contributed by atoms with Gasteiger partial charge in [-0.15, -0.1) is 0 Å². The maximum atomic E-state index is 12.1. The monoisotopic (exact) mass is 275 g/mol. The Labute approximate surface area is 121 Å². The molecule has 1 aliphatic carbocycles. The van der Waals surface area contributed by atoms with Crippen molar-refractivity contribution < 1.29 is 4.79 Å². The molecule has 0 spiro atoms. The van der Waals surface area contributed by atoms with Gasteiger partial charge in [-0.2, -0.15) is 0 Å². The summed E-state index contributed by atoms with van der Waals surface area (Å²) in [5.41, 5.74) is 7.41. The minimum Gasteiger partial charge on any atom is -0.335 e. The lowest BCUT2D eigenvalue weighted by atomic mass is 9.80. The molecule has 110 valence electrons. The van der Waals surface area contributed by atoms with E-state index in [2.05, 4.69) is 24.5 Å². The summed E-state index contributed by atoms with van der Waals surface area (Å²) in [4.78, 5) is 12.1.